The van der Waals surface area contributed by atoms with E-state index in [9.17, 15) is 9.90 Å². The highest BCUT2D eigenvalue weighted by Gasteiger charge is 1.98. The lowest BCUT2D eigenvalue weighted by molar-refractivity contribution is -0.142. The number of ether oxygens (including phenoxy) is 1. The van der Waals surface area contributed by atoms with Gasteiger partial charge >= 0.3 is 5.97 Å². The summed E-state index contributed by atoms with van der Waals surface area (Å²) < 4.78 is 4.75. The number of pyridine rings is 1. The molecule has 0 saturated carbocycles. The molecule has 0 fully saturated rings. The van der Waals surface area contributed by atoms with E-state index < -0.39 is 0 Å². The summed E-state index contributed by atoms with van der Waals surface area (Å²) in [4.78, 5) is 14.3. The third kappa shape index (κ3) is 3.21. The van der Waals surface area contributed by atoms with E-state index in [1.807, 2.05) is 0 Å². The highest BCUT2D eigenvalue weighted by atomic mass is 16.5. The van der Waals surface area contributed by atoms with Gasteiger partial charge in [0.2, 0.25) is 0 Å². The number of carbonyl (C=O) groups is 1. The molecule has 0 spiro atoms. The predicted octanol–water partition coefficient (Wildman–Crippen LogP) is 1.08. The topological polar surface area (TPSA) is 59.1 Å². The Balaban J connectivity index is 2.61. The van der Waals surface area contributed by atoms with Crippen LogP contribution in [0, 0.1) is 0 Å². The third-order valence-electron chi connectivity index (χ3n) is 1.46. The van der Waals surface area contributed by atoms with Gasteiger partial charge in [-0.3, -0.25) is 9.78 Å². The molecule has 1 rings (SSSR count). The molecule has 0 aliphatic carbocycles. The number of aromatic nitrogens is 1. The first kappa shape index (κ1) is 9.67. The van der Waals surface area contributed by atoms with E-state index >= 15 is 0 Å². The van der Waals surface area contributed by atoms with Crippen LogP contribution in [-0.2, 0) is 27.9 Å². The molecule has 0 bridgehead atoms. The van der Waals surface area contributed by atoms with Gasteiger partial charge in [0.25, 0.3) is 0 Å². The zero-order valence-electron chi connectivity index (χ0n) is 7.32. The van der Waals surface area contributed by atoms with Gasteiger partial charge in [-0.15, -0.1) is 0 Å². The summed E-state index contributed by atoms with van der Waals surface area (Å²) in [7, 11) is 0. The number of nitrogens with zero attached hydrogens (tertiary/aromatic N) is 1. The van der Waals surface area contributed by atoms with Gasteiger partial charge in [0.1, 0.15) is 13.2 Å². The molecular formula is C9H10NO3. The van der Waals surface area contributed by atoms with Crippen molar-refractivity contribution in [2.24, 2.45) is 0 Å². The Morgan fingerprint density at radius 1 is 1.46 bits per heavy atom. The highest BCUT2D eigenvalue weighted by molar-refractivity contribution is 5.65. The number of hydrogen-bond acceptors (Lipinski definition) is 3. The smallest absolute Gasteiger partial charge is 0.302 e. The molecule has 69 valence electrons. The van der Waals surface area contributed by atoms with Crippen molar-refractivity contribution in [1.82, 2.24) is 4.98 Å². The fourth-order valence-electron chi connectivity index (χ4n) is 0.884. The first-order chi connectivity index (χ1) is 6.22. The van der Waals surface area contributed by atoms with Crippen molar-refractivity contribution in [2.45, 2.75) is 20.1 Å². The molecule has 4 nitrogen and oxygen atoms in total. The van der Waals surface area contributed by atoms with Crippen LogP contribution in [0.1, 0.15) is 18.1 Å². The average Bonchev–Trinajstić information content (AvgIpc) is 2.15. The standard InChI is InChI=1S/C9H10NO3/c1-7(12)13-6-9-2-8(5-11)3-10-4-9/h2-4H,5-6H2,1H3. The Morgan fingerprint density at radius 2 is 2.15 bits per heavy atom. The van der Waals surface area contributed by atoms with Gasteiger partial charge in [0.15, 0.2) is 0 Å². The van der Waals surface area contributed by atoms with E-state index in [-0.39, 0.29) is 19.2 Å². The average molecular weight is 180 g/mol. The second-order valence-electron chi connectivity index (χ2n) is 2.63. The number of esters is 1. The van der Waals surface area contributed by atoms with Crippen molar-refractivity contribution in [1.29, 1.82) is 0 Å². The van der Waals surface area contributed by atoms with Crippen molar-refractivity contribution in [3.8, 4) is 0 Å². The Morgan fingerprint density at radius 3 is 2.77 bits per heavy atom. The van der Waals surface area contributed by atoms with Gasteiger partial charge in [0.05, 0.1) is 0 Å². The first-order valence-corrected chi connectivity index (χ1v) is 3.86. The number of carbonyl (C=O) groups excluding carboxylic acids is 1. The maximum atomic E-state index is 10.5. The fraction of sp³-hybridized carbons (Fsp3) is 0.333. The summed E-state index contributed by atoms with van der Waals surface area (Å²) in [5, 5.41) is 10.5. The maximum absolute atomic E-state index is 10.5. The molecule has 0 aliphatic rings. The molecule has 1 aromatic rings. The number of rotatable bonds is 3. The molecule has 1 radical (unpaired) electrons. The van der Waals surface area contributed by atoms with E-state index in [2.05, 4.69) is 4.98 Å². The van der Waals surface area contributed by atoms with Gasteiger partial charge in [0, 0.05) is 24.9 Å². The molecule has 13 heavy (non-hydrogen) atoms. The second kappa shape index (κ2) is 4.57. The molecular weight excluding hydrogens is 170 g/mol. The van der Waals surface area contributed by atoms with E-state index in [1.165, 1.54) is 13.1 Å². The first-order valence-electron chi connectivity index (χ1n) is 3.86. The second-order valence-corrected chi connectivity index (χ2v) is 2.63. The van der Waals surface area contributed by atoms with Crippen LogP contribution in [0.15, 0.2) is 18.5 Å². The minimum absolute atomic E-state index is 0.177. The Bertz CT molecular complexity index is 299. The van der Waals surface area contributed by atoms with Crippen LogP contribution >= 0.6 is 0 Å². The van der Waals surface area contributed by atoms with Crippen LogP contribution < -0.4 is 0 Å². The molecule has 1 aromatic heterocycles. The van der Waals surface area contributed by atoms with E-state index in [0.717, 1.165) is 5.56 Å². The quantitative estimate of drug-likeness (QED) is 0.654. The van der Waals surface area contributed by atoms with Crippen molar-refractivity contribution < 1.29 is 14.6 Å². The van der Waals surface area contributed by atoms with Crippen molar-refractivity contribution >= 4 is 5.97 Å². The lowest BCUT2D eigenvalue weighted by Crippen LogP contribution is -1.99. The van der Waals surface area contributed by atoms with Crippen molar-refractivity contribution in [3.63, 3.8) is 0 Å². The van der Waals surface area contributed by atoms with E-state index in [1.54, 1.807) is 12.3 Å². The zero-order valence-corrected chi connectivity index (χ0v) is 7.32. The lowest BCUT2D eigenvalue weighted by atomic mass is 10.2. The zero-order chi connectivity index (χ0) is 9.68. The molecule has 0 atom stereocenters. The van der Waals surface area contributed by atoms with Crippen LogP contribution in [0.3, 0.4) is 0 Å². The monoisotopic (exact) mass is 180 g/mol. The molecule has 0 unspecified atom stereocenters. The van der Waals surface area contributed by atoms with Gasteiger partial charge < -0.3 is 4.74 Å². The maximum Gasteiger partial charge on any atom is 0.302 e. The molecule has 0 N–H and O–H groups in total. The molecule has 4 heteroatoms. The molecule has 0 aliphatic heterocycles. The van der Waals surface area contributed by atoms with Crippen LogP contribution in [0.4, 0.5) is 0 Å². The summed E-state index contributed by atoms with van der Waals surface area (Å²) in [6.45, 7) is 1.21. The summed E-state index contributed by atoms with van der Waals surface area (Å²) in [5.74, 6) is -0.340. The van der Waals surface area contributed by atoms with Crippen molar-refractivity contribution in [3.05, 3.63) is 29.6 Å². The summed E-state index contributed by atoms with van der Waals surface area (Å²) in [6.07, 6.45) is 3.08. The number of hydrogen-bond donors (Lipinski definition) is 0. The largest absolute Gasteiger partial charge is 0.461 e. The predicted molar refractivity (Wildman–Crippen MR) is 44.1 cm³/mol. The Kier molecular flexibility index (Phi) is 3.40. The van der Waals surface area contributed by atoms with Crippen LogP contribution in [-0.4, -0.2) is 11.0 Å². The van der Waals surface area contributed by atoms with E-state index in [0.29, 0.717) is 5.56 Å². The van der Waals surface area contributed by atoms with E-state index in [4.69, 9.17) is 4.74 Å². The summed E-state index contributed by atoms with van der Waals surface area (Å²) in [5.41, 5.74) is 1.34. The minimum Gasteiger partial charge on any atom is -0.461 e. The van der Waals surface area contributed by atoms with Gasteiger partial charge in [-0.25, -0.2) is 5.11 Å². The summed E-state index contributed by atoms with van der Waals surface area (Å²) in [6, 6.07) is 1.68. The van der Waals surface area contributed by atoms with Crippen LogP contribution in [0.25, 0.3) is 0 Å². The molecule has 1 heterocycles. The highest BCUT2D eigenvalue weighted by Crippen LogP contribution is 2.04. The van der Waals surface area contributed by atoms with Gasteiger partial charge in [-0.05, 0) is 11.6 Å². The fourth-order valence-corrected chi connectivity index (χ4v) is 0.884. The lowest BCUT2D eigenvalue weighted by Gasteiger charge is -2.02. The Labute approximate surface area is 76.2 Å². The van der Waals surface area contributed by atoms with Gasteiger partial charge in [-0.1, -0.05) is 0 Å². The van der Waals surface area contributed by atoms with Gasteiger partial charge in [-0.2, -0.15) is 0 Å². The van der Waals surface area contributed by atoms with Crippen molar-refractivity contribution in [2.75, 3.05) is 0 Å². The molecule has 0 amide bonds. The Hall–Kier alpha value is -1.42. The SMILES string of the molecule is CC(=O)OCc1cncc(C[O])c1. The summed E-state index contributed by atoms with van der Waals surface area (Å²) >= 11 is 0. The molecule has 0 saturated heterocycles. The molecule has 0 aromatic carbocycles. The van der Waals surface area contributed by atoms with Crippen LogP contribution in [0.5, 0.6) is 0 Å². The minimum atomic E-state index is -0.340. The van der Waals surface area contributed by atoms with Crippen LogP contribution in [0.2, 0.25) is 0 Å². The third-order valence-corrected chi connectivity index (χ3v) is 1.46. The normalized spacial score (nSPS) is 9.69.